The summed E-state index contributed by atoms with van der Waals surface area (Å²) in [7, 11) is -1.77. The molecular weight excluding hydrogens is 390 g/mol. The van der Waals surface area contributed by atoms with E-state index in [0.717, 1.165) is 16.8 Å². The second kappa shape index (κ2) is 7.04. The molecule has 0 saturated carbocycles. The van der Waals surface area contributed by atoms with Gasteiger partial charge in [-0.1, -0.05) is 29.8 Å². The summed E-state index contributed by atoms with van der Waals surface area (Å²) in [5, 5.41) is 7.41. The first-order valence-electron chi connectivity index (χ1n) is 9.12. The summed E-state index contributed by atoms with van der Waals surface area (Å²) in [6.07, 6.45) is 0. The molecule has 0 unspecified atom stereocenters. The fourth-order valence-electron chi connectivity index (χ4n) is 3.60. The molecule has 0 aliphatic carbocycles. The second-order valence-corrected chi connectivity index (χ2v) is 9.23. The number of nitrogens with one attached hydrogen (secondary N) is 1. The number of sulfone groups is 1. The third-order valence-electron chi connectivity index (χ3n) is 4.95. The second-order valence-electron chi connectivity index (χ2n) is 7.16. The highest BCUT2D eigenvalue weighted by atomic mass is 32.2. The fourth-order valence-corrected chi connectivity index (χ4v) is 5.09. The van der Waals surface area contributed by atoms with Gasteiger partial charge in [-0.2, -0.15) is 5.10 Å². The number of rotatable bonds is 4. The highest BCUT2D eigenvalue weighted by Crippen LogP contribution is 2.34. The smallest absolute Gasteiger partial charge is 0.260 e. The highest BCUT2D eigenvalue weighted by Gasteiger charge is 2.33. The molecule has 0 radical (unpaired) electrons. The molecule has 0 saturated heterocycles. The van der Waals surface area contributed by atoms with Crippen LogP contribution < -0.4 is 10.1 Å². The molecule has 0 atom stereocenters. The summed E-state index contributed by atoms with van der Waals surface area (Å²) in [5.41, 5.74) is 4.24. The van der Waals surface area contributed by atoms with Gasteiger partial charge in [0.25, 0.3) is 5.91 Å². The van der Waals surface area contributed by atoms with Crippen molar-refractivity contribution in [2.45, 2.75) is 25.4 Å². The third-order valence-corrected chi connectivity index (χ3v) is 6.39. The monoisotopic (exact) mass is 411 g/mol. The van der Waals surface area contributed by atoms with E-state index in [9.17, 15) is 13.2 Å². The van der Waals surface area contributed by atoms with Crippen LogP contribution in [0, 0.1) is 13.8 Å². The largest absolute Gasteiger partial charge is 0.496 e. The molecule has 1 amide bonds. The van der Waals surface area contributed by atoms with Crippen LogP contribution in [0.25, 0.3) is 5.69 Å². The van der Waals surface area contributed by atoms with Crippen LogP contribution in [0.1, 0.15) is 32.7 Å². The number of carbonyl (C=O) groups is 1. The number of hydrogen-bond acceptors (Lipinski definition) is 5. The number of ether oxygens (including phenoxy) is 1. The predicted molar refractivity (Wildman–Crippen MR) is 110 cm³/mol. The first-order chi connectivity index (χ1) is 13.8. The average Bonchev–Trinajstić information content (AvgIpc) is 3.14. The van der Waals surface area contributed by atoms with Crippen LogP contribution in [0.3, 0.4) is 0 Å². The van der Waals surface area contributed by atoms with Gasteiger partial charge in [-0.05, 0) is 37.6 Å². The molecule has 0 bridgehead atoms. The van der Waals surface area contributed by atoms with Gasteiger partial charge in [-0.15, -0.1) is 0 Å². The number of benzene rings is 2. The SMILES string of the molecule is COc1ccccc1C(=O)Nc1c2c(nn1-c1ccc(C)cc1C)CS(=O)(=O)C2. The van der Waals surface area contributed by atoms with Crippen molar-refractivity contribution in [2.75, 3.05) is 12.4 Å². The Balaban J connectivity index is 1.82. The molecule has 2 aromatic carbocycles. The molecule has 4 rings (SSSR count). The van der Waals surface area contributed by atoms with E-state index >= 15 is 0 Å². The Bertz CT molecular complexity index is 1230. The normalized spacial score (nSPS) is 14.4. The molecule has 1 aliphatic rings. The minimum Gasteiger partial charge on any atom is -0.496 e. The number of amides is 1. The van der Waals surface area contributed by atoms with Crippen molar-refractivity contribution in [3.05, 3.63) is 70.4 Å². The summed E-state index contributed by atoms with van der Waals surface area (Å²) >= 11 is 0. The van der Waals surface area contributed by atoms with Gasteiger partial charge >= 0.3 is 0 Å². The first kappa shape index (κ1) is 19.2. The lowest BCUT2D eigenvalue weighted by atomic mass is 10.1. The average molecular weight is 411 g/mol. The molecule has 7 nitrogen and oxygen atoms in total. The predicted octanol–water partition coefficient (Wildman–Crippen LogP) is 3.18. The summed E-state index contributed by atoms with van der Waals surface area (Å²) in [5.74, 6) is 0.156. The van der Waals surface area contributed by atoms with Gasteiger partial charge in [-0.25, -0.2) is 13.1 Å². The molecule has 0 spiro atoms. The lowest BCUT2D eigenvalue weighted by molar-refractivity contribution is 0.102. The van der Waals surface area contributed by atoms with E-state index in [1.807, 2.05) is 32.0 Å². The van der Waals surface area contributed by atoms with Crippen molar-refractivity contribution in [1.29, 1.82) is 0 Å². The Morgan fingerprint density at radius 2 is 1.90 bits per heavy atom. The summed E-state index contributed by atoms with van der Waals surface area (Å²) in [4.78, 5) is 13.0. The van der Waals surface area contributed by atoms with Crippen LogP contribution in [0.5, 0.6) is 5.75 Å². The van der Waals surface area contributed by atoms with Gasteiger partial charge < -0.3 is 10.1 Å². The van der Waals surface area contributed by atoms with E-state index in [2.05, 4.69) is 10.4 Å². The van der Waals surface area contributed by atoms with E-state index in [0.29, 0.717) is 28.4 Å². The Morgan fingerprint density at radius 1 is 1.14 bits per heavy atom. The minimum atomic E-state index is -3.27. The Labute approximate surface area is 169 Å². The fraction of sp³-hybridized carbons (Fsp3) is 0.238. The number of aryl methyl sites for hydroxylation is 2. The van der Waals surface area contributed by atoms with E-state index in [4.69, 9.17) is 4.74 Å². The molecule has 150 valence electrons. The van der Waals surface area contributed by atoms with Crippen LogP contribution in [-0.4, -0.2) is 31.2 Å². The Hall–Kier alpha value is -3.13. The van der Waals surface area contributed by atoms with Crippen LogP contribution in [0.15, 0.2) is 42.5 Å². The van der Waals surface area contributed by atoms with Gasteiger partial charge in [0.05, 0.1) is 35.6 Å². The standard InChI is InChI=1S/C21H21N3O4S/c1-13-8-9-18(14(2)10-13)24-20(16-11-29(26,27)12-17(16)23-24)22-21(25)15-6-4-5-7-19(15)28-3/h4-10H,11-12H2,1-3H3,(H,22,25). The van der Waals surface area contributed by atoms with Crippen LogP contribution in [0.4, 0.5) is 5.82 Å². The molecule has 2 heterocycles. The molecule has 1 aliphatic heterocycles. The number of anilines is 1. The lowest BCUT2D eigenvalue weighted by Crippen LogP contribution is -2.18. The van der Waals surface area contributed by atoms with Gasteiger partial charge in [0.15, 0.2) is 9.84 Å². The zero-order chi connectivity index (χ0) is 20.8. The maximum atomic E-state index is 13.0. The molecule has 8 heteroatoms. The Morgan fingerprint density at radius 3 is 2.62 bits per heavy atom. The van der Waals surface area contributed by atoms with Crippen LogP contribution in [0.2, 0.25) is 0 Å². The molecule has 1 aromatic heterocycles. The quantitative estimate of drug-likeness (QED) is 0.712. The van der Waals surface area contributed by atoms with Crippen molar-refractivity contribution in [1.82, 2.24) is 9.78 Å². The van der Waals surface area contributed by atoms with Crippen LogP contribution >= 0.6 is 0 Å². The van der Waals surface area contributed by atoms with Crippen molar-refractivity contribution in [2.24, 2.45) is 0 Å². The summed E-state index contributed by atoms with van der Waals surface area (Å²) < 4.78 is 31.2. The van der Waals surface area contributed by atoms with Crippen molar-refractivity contribution < 1.29 is 17.9 Å². The van der Waals surface area contributed by atoms with Crippen molar-refractivity contribution in [3.8, 4) is 11.4 Å². The first-order valence-corrected chi connectivity index (χ1v) is 10.9. The van der Waals surface area contributed by atoms with Gasteiger partial charge in [0, 0.05) is 5.56 Å². The zero-order valence-corrected chi connectivity index (χ0v) is 17.2. The number of fused-ring (bicyclic) bond motifs is 1. The van der Waals surface area contributed by atoms with E-state index in [1.165, 1.54) is 7.11 Å². The lowest BCUT2D eigenvalue weighted by Gasteiger charge is -2.14. The molecule has 1 N–H and O–H groups in total. The topological polar surface area (TPSA) is 90.3 Å². The Kier molecular flexibility index (Phi) is 4.66. The van der Waals surface area contributed by atoms with Crippen molar-refractivity contribution >= 4 is 21.6 Å². The summed E-state index contributed by atoms with van der Waals surface area (Å²) in [6, 6.07) is 12.8. The minimum absolute atomic E-state index is 0.127. The number of nitrogens with zero attached hydrogens (tertiary/aromatic N) is 2. The maximum absolute atomic E-state index is 13.0. The van der Waals surface area contributed by atoms with Gasteiger partial charge in [0.2, 0.25) is 0 Å². The number of aromatic nitrogens is 2. The van der Waals surface area contributed by atoms with E-state index in [1.54, 1.807) is 28.9 Å². The molecule has 0 fully saturated rings. The number of para-hydroxylation sites is 1. The summed E-state index contributed by atoms with van der Waals surface area (Å²) in [6.45, 7) is 3.95. The number of methoxy groups -OCH3 is 1. The number of hydrogen-bond donors (Lipinski definition) is 1. The van der Waals surface area contributed by atoms with Crippen LogP contribution in [-0.2, 0) is 21.3 Å². The highest BCUT2D eigenvalue weighted by molar-refractivity contribution is 7.90. The molecule has 3 aromatic rings. The van der Waals surface area contributed by atoms with Gasteiger partial charge in [-0.3, -0.25) is 4.79 Å². The van der Waals surface area contributed by atoms with E-state index in [-0.39, 0.29) is 17.4 Å². The van der Waals surface area contributed by atoms with E-state index < -0.39 is 9.84 Å². The maximum Gasteiger partial charge on any atom is 0.260 e. The molecular formula is C21H21N3O4S. The van der Waals surface area contributed by atoms with Crippen molar-refractivity contribution in [3.63, 3.8) is 0 Å². The molecule has 29 heavy (non-hydrogen) atoms. The zero-order valence-electron chi connectivity index (χ0n) is 16.4. The number of carbonyl (C=O) groups excluding carboxylic acids is 1. The van der Waals surface area contributed by atoms with Gasteiger partial charge in [0.1, 0.15) is 11.6 Å². The third kappa shape index (κ3) is 3.51.